The number of aliphatic hydroxyl groups is 1. The molecule has 3 aromatic carbocycles. The molecule has 3 aromatic rings. The van der Waals surface area contributed by atoms with Gasteiger partial charge in [-0.1, -0.05) is 71.0 Å². The number of carbonyl (C=O) groups excluding carboxylic acids is 2. The first-order valence-electron chi connectivity index (χ1n) is 13.2. The van der Waals surface area contributed by atoms with Crippen LogP contribution in [-0.4, -0.2) is 23.4 Å². The highest BCUT2D eigenvalue weighted by atomic mass is 16.5. The molecule has 38 heavy (non-hydrogen) atoms. The van der Waals surface area contributed by atoms with E-state index in [9.17, 15) is 14.7 Å². The van der Waals surface area contributed by atoms with E-state index in [1.54, 1.807) is 0 Å². The minimum atomic E-state index is -0.784. The molecule has 198 valence electrons. The van der Waals surface area contributed by atoms with E-state index in [0.717, 1.165) is 16.7 Å². The van der Waals surface area contributed by atoms with Crippen molar-refractivity contribution in [1.82, 2.24) is 0 Å². The number of ether oxygens (including phenoxy) is 1. The van der Waals surface area contributed by atoms with E-state index >= 15 is 0 Å². The van der Waals surface area contributed by atoms with E-state index in [4.69, 9.17) is 4.74 Å². The topological polar surface area (TPSA) is 66.8 Å². The first-order valence-corrected chi connectivity index (χ1v) is 13.2. The van der Waals surface area contributed by atoms with Crippen molar-refractivity contribution in [1.29, 1.82) is 0 Å². The number of rotatable bonds is 6. The monoisotopic (exact) mass is 511 g/mol. The number of aliphatic hydroxyl groups excluding tert-OH is 1. The van der Waals surface area contributed by atoms with Gasteiger partial charge in [-0.05, 0) is 77.8 Å². The van der Waals surface area contributed by atoms with Gasteiger partial charge in [0.25, 0.3) is 11.7 Å². The largest absolute Gasteiger partial charge is 0.507 e. The minimum absolute atomic E-state index is 0.0845. The fraction of sp³-hybridized carbons (Fsp3) is 0.333. The second kappa shape index (κ2) is 10.5. The molecular weight excluding hydrogens is 474 g/mol. The summed E-state index contributed by atoms with van der Waals surface area (Å²) in [7, 11) is 0. The number of carbonyl (C=O) groups is 2. The number of ketones is 1. The maximum absolute atomic E-state index is 13.6. The van der Waals surface area contributed by atoms with Crippen LogP contribution in [-0.2, 0) is 15.0 Å². The minimum Gasteiger partial charge on any atom is -0.507 e. The zero-order valence-electron chi connectivity index (χ0n) is 23.3. The van der Waals surface area contributed by atoms with Crippen molar-refractivity contribution in [2.45, 2.75) is 65.8 Å². The molecule has 0 spiro atoms. The molecule has 1 fully saturated rings. The molecule has 5 nitrogen and oxygen atoms in total. The quantitative estimate of drug-likeness (QED) is 0.212. The lowest BCUT2D eigenvalue weighted by atomic mass is 9.84. The van der Waals surface area contributed by atoms with Gasteiger partial charge in [-0.3, -0.25) is 14.5 Å². The summed E-state index contributed by atoms with van der Waals surface area (Å²) in [4.78, 5) is 28.6. The van der Waals surface area contributed by atoms with Gasteiger partial charge in [0.05, 0.1) is 18.2 Å². The molecule has 4 rings (SSSR count). The molecule has 1 amide bonds. The summed E-state index contributed by atoms with van der Waals surface area (Å²) < 4.78 is 5.61. The molecule has 1 aliphatic rings. The predicted octanol–water partition coefficient (Wildman–Crippen LogP) is 7.44. The van der Waals surface area contributed by atoms with Gasteiger partial charge >= 0.3 is 0 Å². The first-order chi connectivity index (χ1) is 17.9. The molecule has 0 saturated carbocycles. The van der Waals surface area contributed by atoms with E-state index in [0.29, 0.717) is 35.1 Å². The van der Waals surface area contributed by atoms with Gasteiger partial charge in [0.1, 0.15) is 11.5 Å². The standard InChI is InChI=1S/C33H37NO4/c1-8-38-26-17-12-23(13-18-26)29-28(30(35)27-19-24(33(5,6)7)14-9-21(27)4)31(36)32(37)34(29)25-15-10-22(11-16-25)20(2)3/h9-20,29,35H,8H2,1-7H3/b30-28+. The van der Waals surface area contributed by atoms with Crippen LogP contribution in [0.4, 0.5) is 5.69 Å². The lowest BCUT2D eigenvalue weighted by Crippen LogP contribution is -2.29. The number of benzene rings is 3. The van der Waals surface area contributed by atoms with E-state index in [1.807, 2.05) is 80.6 Å². The van der Waals surface area contributed by atoms with E-state index in [2.05, 4.69) is 34.6 Å². The van der Waals surface area contributed by atoms with Crippen molar-refractivity contribution in [3.63, 3.8) is 0 Å². The summed E-state index contributed by atoms with van der Waals surface area (Å²) in [6, 6.07) is 20.2. The van der Waals surface area contributed by atoms with Gasteiger partial charge in [0.15, 0.2) is 0 Å². The van der Waals surface area contributed by atoms with Crippen LogP contribution in [0.25, 0.3) is 5.76 Å². The number of aryl methyl sites for hydroxylation is 1. The Hall–Kier alpha value is -3.86. The number of anilines is 1. The van der Waals surface area contributed by atoms with Crippen LogP contribution in [0.15, 0.2) is 72.3 Å². The molecular formula is C33H37NO4. The summed E-state index contributed by atoms with van der Waals surface area (Å²) >= 11 is 0. The summed E-state index contributed by atoms with van der Waals surface area (Å²) in [5, 5.41) is 11.7. The van der Waals surface area contributed by atoms with Crippen LogP contribution in [0, 0.1) is 6.92 Å². The van der Waals surface area contributed by atoms with E-state index < -0.39 is 17.7 Å². The van der Waals surface area contributed by atoms with Gasteiger partial charge in [-0.2, -0.15) is 0 Å². The molecule has 5 heteroatoms. The van der Waals surface area contributed by atoms with Crippen LogP contribution in [0.5, 0.6) is 5.75 Å². The van der Waals surface area contributed by atoms with Crippen molar-refractivity contribution in [2.75, 3.05) is 11.5 Å². The molecule has 0 bridgehead atoms. The Labute approximate surface area is 225 Å². The van der Waals surface area contributed by atoms with Gasteiger partial charge in [-0.15, -0.1) is 0 Å². The Morgan fingerprint density at radius 2 is 1.61 bits per heavy atom. The number of amides is 1. The van der Waals surface area contributed by atoms with Crippen LogP contribution in [0.3, 0.4) is 0 Å². The van der Waals surface area contributed by atoms with Crippen LogP contribution >= 0.6 is 0 Å². The molecule has 1 saturated heterocycles. The third-order valence-electron chi connectivity index (χ3n) is 7.15. The molecule has 1 unspecified atom stereocenters. The maximum Gasteiger partial charge on any atom is 0.300 e. The average Bonchev–Trinajstić information content (AvgIpc) is 3.14. The highest BCUT2D eigenvalue weighted by Crippen LogP contribution is 2.43. The zero-order valence-corrected chi connectivity index (χ0v) is 23.3. The second-order valence-electron chi connectivity index (χ2n) is 11.2. The fourth-order valence-electron chi connectivity index (χ4n) is 4.84. The summed E-state index contributed by atoms with van der Waals surface area (Å²) in [6.07, 6.45) is 0. The molecule has 1 N–H and O–H groups in total. The van der Waals surface area contributed by atoms with Gasteiger partial charge in [-0.25, -0.2) is 0 Å². The second-order valence-corrected chi connectivity index (χ2v) is 11.2. The van der Waals surface area contributed by atoms with Crippen LogP contribution in [0.2, 0.25) is 0 Å². The van der Waals surface area contributed by atoms with Crippen molar-refractivity contribution in [2.24, 2.45) is 0 Å². The van der Waals surface area contributed by atoms with Crippen LogP contribution < -0.4 is 9.64 Å². The van der Waals surface area contributed by atoms with Gasteiger partial charge in [0.2, 0.25) is 0 Å². The summed E-state index contributed by atoms with van der Waals surface area (Å²) in [6.45, 7) is 14.9. The fourth-order valence-corrected chi connectivity index (χ4v) is 4.84. The van der Waals surface area contributed by atoms with Crippen molar-refractivity contribution >= 4 is 23.1 Å². The highest BCUT2D eigenvalue weighted by Gasteiger charge is 2.47. The van der Waals surface area contributed by atoms with E-state index in [1.165, 1.54) is 4.90 Å². The van der Waals surface area contributed by atoms with E-state index in [-0.39, 0.29) is 16.7 Å². The Bertz CT molecular complexity index is 1380. The Morgan fingerprint density at radius 3 is 2.16 bits per heavy atom. The Morgan fingerprint density at radius 1 is 0.974 bits per heavy atom. The Balaban J connectivity index is 1.93. The predicted molar refractivity (Wildman–Crippen MR) is 153 cm³/mol. The zero-order chi connectivity index (χ0) is 27.8. The molecule has 1 heterocycles. The third kappa shape index (κ3) is 5.10. The van der Waals surface area contributed by atoms with Crippen LogP contribution in [0.1, 0.15) is 81.3 Å². The number of Topliss-reactive ketones (excluding diaryl/α,β-unsaturated/α-hetero) is 1. The SMILES string of the molecule is CCOc1ccc(C2/C(=C(\O)c3cc(C(C)(C)C)ccc3C)C(=O)C(=O)N2c2ccc(C(C)C)cc2)cc1. The summed E-state index contributed by atoms with van der Waals surface area (Å²) in [5.41, 5.74) is 4.80. The third-order valence-corrected chi connectivity index (χ3v) is 7.15. The molecule has 0 radical (unpaired) electrons. The van der Waals surface area contributed by atoms with Crippen molar-refractivity contribution < 1.29 is 19.4 Å². The highest BCUT2D eigenvalue weighted by molar-refractivity contribution is 6.51. The first kappa shape index (κ1) is 27.2. The smallest absolute Gasteiger partial charge is 0.300 e. The lowest BCUT2D eigenvalue weighted by Gasteiger charge is -2.26. The normalized spacial score (nSPS) is 17.4. The molecule has 1 aliphatic heterocycles. The average molecular weight is 512 g/mol. The Kier molecular flexibility index (Phi) is 7.50. The van der Waals surface area contributed by atoms with Gasteiger partial charge < -0.3 is 9.84 Å². The number of hydrogen-bond donors (Lipinski definition) is 1. The number of hydrogen-bond acceptors (Lipinski definition) is 4. The van der Waals surface area contributed by atoms with Crippen molar-refractivity contribution in [3.8, 4) is 5.75 Å². The lowest BCUT2D eigenvalue weighted by molar-refractivity contribution is -0.132. The van der Waals surface area contributed by atoms with Crippen molar-refractivity contribution in [3.05, 3.63) is 100 Å². The summed E-state index contributed by atoms with van der Waals surface area (Å²) in [5.74, 6) is -0.489. The molecule has 0 aromatic heterocycles. The molecule has 1 atom stereocenters. The van der Waals surface area contributed by atoms with Gasteiger partial charge in [0, 0.05) is 11.3 Å². The molecule has 0 aliphatic carbocycles. The maximum atomic E-state index is 13.6. The number of nitrogens with zero attached hydrogens (tertiary/aromatic N) is 1.